The van der Waals surface area contributed by atoms with Gasteiger partial charge in [-0.05, 0) is 35.7 Å². The maximum absolute atomic E-state index is 12.0. The SMILES string of the molecule is COCCCNC(=O)C(=O)N/N=C\c1ccc(OCC(=O)NCc2ccccc2)c(OC)c1. The van der Waals surface area contributed by atoms with E-state index in [-0.39, 0.29) is 12.5 Å². The van der Waals surface area contributed by atoms with E-state index in [0.717, 1.165) is 5.56 Å². The van der Waals surface area contributed by atoms with Crippen molar-refractivity contribution in [1.29, 1.82) is 0 Å². The summed E-state index contributed by atoms with van der Waals surface area (Å²) in [6, 6.07) is 14.5. The van der Waals surface area contributed by atoms with Crippen LogP contribution < -0.4 is 25.5 Å². The number of rotatable bonds is 12. The molecule has 0 radical (unpaired) electrons. The Kier molecular flexibility index (Phi) is 10.9. The number of amides is 3. The van der Waals surface area contributed by atoms with Gasteiger partial charge in [0.25, 0.3) is 5.91 Å². The van der Waals surface area contributed by atoms with Crippen LogP contribution in [-0.4, -0.2) is 57.9 Å². The summed E-state index contributed by atoms with van der Waals surface area (Å²) in [6.45, 7) is 1.05. The van der Waals surface area contributed by atoms with Crippen molar-refractivity contribution in [3.8, 4) is 11.5 Å². The molecular formula is C23H28N4O6. The average molecular weight is 456 g/mol. The lowest BCUT2D eigenvalue weighted by molar-refractivity contribution is -0.139. The predicted molar refractivity (Wildman–Crippen MR) is 122 cm³/mol. The number of nitrogens with one attached hydrogen (secondary N) is 3. The Labute approximate surface area is 192 Å². The number of benzene rings is 2. The third kappa shape index (κ3) is 9.40. The van der Waals surface area contributed by atoms with Crippen molar-refractivity contribution in [3.63, 3.8) is 0 Å². The maximum atomic E-state index is 12.0. The standard InChI is InChI=1S/C23H28N4O6/c1-31-12-6-11-24-22(29)23(30)27-26-15-18-9-10-19(20(13-18)32-2)33-16-21(28)25-14-17-7-4-3-5-8-17/h3-5,7-10,13,15H,6,11-12,14,16H2,1-2H3,(H,24,29)(H,25,28)(H,27,30)/b26-15-. The van der Waals surface area contributed by atoms with E-state index >= 15 is 0 Å². The third-order valence-corrected chi connectivity index (χ3v) is 4.28. The number of methoxy groups -OCH3 is 2. The molecule has 3 amide bonds. The minimum absolute atomic E-state index is 0.174. The second-order valence-electron chi connectivity index (χ2n) is 6.76. The zero-order valence-electron chi connectivity index (χ0n) is 18.6. The summed E-state index contributed by atoms with van der Waals surface area (Å²) in [4.78, 5) is 35.4. The van der Waals surface area contributed by atoms with Crippen molar-refractivity contribution in [2.75, 3.05) is 34.0 Å². The molecule has 0 heterocycles. The highest BCUT2D eigenvalue weighted by molar-refractivity contribution is 6.35. The first-order valence-corrected chi connectivity index (χ1v) is 10.2. The Bertz CT molecular complexity index is 949. The molecule has 0 atom stereocenters. The van der Waals surface area contributed by atoms with Crippen LogP contribution >= 0.6 is 0 Å². The third-order valence-electron chi connectivity index (χ3n) is 4.28. The topological polar surface area (TPSA) is 127 Å². The van der Waals surface area contributed by atoms with Crippen molar-refractivity contribution in [1.82, 2.24) is 16.1 Å². The molecular weight excluding hydrogens is 428 g/mol. The van der Waals surface area contributed by atoms with Crippen molar-refractivity contribution in [2.45, 2.75) is 13.0 Å². The molecule has 0 aromatic heterocycles. The summed E-state index contributed by atoms with van der Waals surface area (Å²) in [5, 5.41) is 9.01. The number of carbonyl (C=O) groups excluding carboxylic acids is 3. The Hall–Kier alpha value is -3.92. The fourth-order valence-corrected chi connectivity index (χ4v) is 2.59. The van der Waals surface area contributed by atoms with Crippen LogP contribution in [-0.2, 0) is 25.7 Å². The van der Waals surface area contributed by atoms with Crippen molar-refractivity contribution < 1.29 is 28.6 Å². The summed E-state index contributed by atoms with van der Waals surface area (Å²) in [7, 11) is 3.02. The number of hydrogen-bond acceptors (Lipinski definition) is 7. The normalized spacial score (nSPS) is 10.5. The molecule has 0 fully saturated rings. The average Bonchev–Trinajstić information content (AvgIpc) is 2.84. The lowest BCUT2D eigenvalue weighted by Crippen LogP contribution is -2.38. The number of hydrogen-bond donors (Lipinski definition) is 3. The Morgan fingerprint density at radius 3 is 2.48 bits per heavy atom. The Morgan fingerprint density at radius 1 is 0.970 bits per heavy atom. The Morgan fingerprint density at radius 2 is 1.76 bits per heavy atom. The summed E-state index contributed by atoms with van der Waals surface area (Å²) in [5.74, 6) is -1.16. The van der Waals surface area contributed by atoms with Gasteiger partial charge in [0, 0.05) is 26.8 Å². The number of carbonyl (C=O) groups is 3. The van der Waals surface area contributed by atoms with Crippen LogP contribution in [0.15, 0.2) is 53.6 Å². The first-order valence-electron chi connectivity index (χ1n) is 10.2. The van der Waals surface area contributed by atoms with Gasteiger partial charge in [0.05, 0.1) is 13.3 Å². The van der Waals surface area contributed by atoms with E-state index in [1.54, 1.807) is 25.3 Å². The first-order chi connectivity index (χ1) is 16.0. The molecule has 10 nitrogen and oxygen atoms in total. The van der Waals surface area contributed by atoms with Crippen molar-refractivity contribution in [3.05, 3.63) is 59.7 Å². The zero-order chi connectivity index (χ0) is 23.9. The summed E-state index contributed by atoms with van der Waals surface area (Å²) >= 11 is 0. The zero-order valence-corrected chi connectivity index (χ0v) is 18.6. The molecule has 176 valence electrons. The van der Waals surface area contributed by atoms with Crippen LogP contribution in [0.1, 0.15) is 17.5 Å². The van der Waals surface area contributed by atoms with E-state index in [1.807, 2.05) is 30.3 Å². The van der Waals surface area contributed by atoms with E-state index in [1.165, 1.54) is 13.3 Å². The maximum Gasteiger partial charge on any atom is 0.329 e. The summed E-state index contributed by atoms with van der Waals surface area (Å²) in [5.41, 5.74) is 3.73. The van der Waals surface area contributed by atoms with Crippen LogP contribution in [0.5, 0.6) is 11.5 Å². The fraction of sp³-hybridized carbons (Fsp3) is 0.304. The largest absolute Gasteiger partial charge is 0.493 e. The summed E-state index contributed by atoms with van der Waals surface area (Å²) in [6.07, 6.45) is 1.96. The minimum Gasteiger partial charge on any atom is -0.493 e. The molecule has 3 N–H and O–H groups in total. The lowest BCUT2D eigenvalue weighted by atomic mass is 10.2. The molecule has 0 spiro atoms. The second-order valence-corrected chi connectivity index (χ2v) is 6.76. The molecule has 2 aromatic rings. The van der Waals surface area contributed by atoms with Gasteiger partial charge in [-0.2, -0.15) is 5.10 Å². The molecule has 2 aromatic carbocycles. The number of hydrazone groups is 1. The van der Waals surface area contributed by atoms with E-state index in [0.29, 0.717) is 43.2 Å². The van der Waals surface area contributed by atoms with Gasteiger partial charge in [-0.15, -0.1) is 0 Å². The monoisotopic (exact) mass is 456 g/mol. The summed E-state index contributed by atoms with van der Waals surface area (Å²) < 4.78 is 15.7. The number of nitrogens with zero attached hydrogens (tertiary/aromatic N) is 1. The van der Waals surface area contributed by atoms with Crippen LogP contribution in [0.25, 0.3) is 0 Å². The van der Waals surface area contributed by atoms with Gasteiger partial charge in [-0.1, -0.05) is 30.3 Å². The molecule has 0 aliphatic heterocycles. The van der Waals surface area contributed by atoms with E-state index < -0.39 is 11.8 Å². The molecule has 10 heteroatoms. The highest BCUT2D eigenvalue weighted by atomic mass is 16.5. The van der Waals surface area contributed by atoms with E-state index in [4.69, 9.17) is 14.2 Å². The lowest BCUT2D eigenvalue weighted by Gasteiger charge is -2.11. The van der Waals surface area contributed by atoms with Gasteiger partial charge in [0.2, 0.25) is 0 Å². The predicted octanol–water partition coefficient (Wildman–Crippen LogP) is 0.993. The molecule has 0 aliphatic carbocycles. The van der Waals surface area contributed by atoms with Crippen molar-refractivity contribution in [2.24, 2.45) is 5.10 Å². The van der Waals surface area contributed by atoms with Crippen molar-refractivity contribution >= 4 is 23.9 Å². The van der Waals surface area contributed by atoms with Gasteiger partial charge >= 0.3 is 11.8 Å². The van der Waals surface area contributed by atoms with Crippen LogP contribution in [0.2, 0.25) is 0 Å². The van der Waals surface area contributed by atoms with Gasteiger partial charge in [0.15, 0.2) is 18.1 Å². The van der Waals surface area contributed by atoms with Crippen LogP contribution in [0, 0.1) is 0 Å². The first kappa shape index (κ1) is 25.3. The molecule has 33 heavy (non-hydrogen) atoms. The molecule has 0 saturated carbocycles. The van der Waals surface area contributed by atoms with Crippen LogP contribution in [0.4, 0.5) is 0 Å². The van der Waals surface area contributed by atoms with Crippen LogP contribution in [0.3, 0.4) is 0 Å². The quantitative estimate of drug-likeness (QED) is 0.189. The second kappa shape index (κ2) is 14.2. The molecule has 2 rings (SSSR count). The van der Waals surface area contributed by atoms with Gasteiger partial charge < -0.3 is 24.8 Å². The number of ether oxygens (including phenoxy) is 3. The van der Waals surface area contributed by atoms with Gasteiger partial charge in [0.1, 0.15) is 0 Å². The minimum atomic E-state index is -0.878. The van der Waals surface area contributed by atoms with E-state index in [2.05, 4.69) is 21.2 Å². The molecule has 0 unspecified atom stereocenters. The fourth-order valence-electron chi connectivity index (χ4n) is 2.59. The smallest absolute Gasteiger partial charge is 0.329 e. The molecule has 0 saturated heterocycles. The molecule has 0 bridgehead atoms. The highest BCUT2D eigenvalue weighted by Crippen LogP contribution is 2.27. The highest BCUT2D eigenvalue weighted by Gasteiger charge is 2.12. The molecule has 0 aliphatic rings. The Balaban J connectivity index is 1.81. The van der Waals surface area contributed by atoms with Gasteiger partial charge in [-0.25, -0.2) is 5.43 Å². The van der Waals surface area contributed by atoms with Gasteiger partial charge in [-0.3, -0.25) is 14.4 Å². The van der Waals surface area contributed by atoms with E-state index in [9.17, 15) is 14.4 Å².